The summed E-state index contributed by atoms with van der Waals surface area (Å²) >= 11 is 5.78. The molecule has 1 N–H and O–H groups in total. The fourth-order valence-corrected chi connectivity index (χ4v) is 2.05. The van der Waals surface area contributed by atoms with Gasteiger partial charge in [-0.05, 0) is 42.0 Å². The summed E-state index contributed by atoms with van der Waals surface area (Å²) in [6, 6.07) is 12.8. The number of benzene rings is 2. The third kappa shape index (κ3) is 5.61. The molecule has 0 atom stereocenters. The van der Waals surface area contributed by atoms with Gasteiger partial charge in [0, 0.05) is 11.6 Å². The van der Waals surface area contributed by atoms with Crippen molar-refractivity contribution in [2.75, 3.05) is 13.7 Å². The van der Waals surface area contributed by atoms with Crippen molar-refractivity contribution in [3.8, 4) is 0 Å². The third-order valence-electron chi connectivity index (χ3n) is 3.28. The topological polar surface area (TPSA) is 81.7 Å². The third-order valence-corrected chi connectivity index (χ3v) is 3.53. The predicted molar refractivity (Wildman–Crippen MR) is 91.4 cm³/mol. The van der Waals surface area contributed by atoms with Gasteiger partial charge in [0.05, 0.1) is 18.2 Å². The number of carbonyl (C=O) groups is 3. The average Bonchev–Trinajstić information content (AvgIpc) is 2.65. The minimum Gasteiger partial charge on any atom is -0.465 e. The van der Waals surface area contributed by atoms with Crippen LogP contribution < -0.4 is 5.32 Å². The van der Waals surface area contributed by atoms with Gasteiger partial charge in [0.1, 0.15) is 0 Å². The Bertz CT molecular complexity index is 756. The molecule has 130 valence electrons. The van der Waals surface area contributed by atoms with Gasteiger partial charge in [-0.3, -0.25) is 4.79 Å². The summed E-state index contributed by atoms with van der Waals surface area (Å²) in [7, 11) is 1.27. The number of ether oxygens (including phenoxy) is 2. The van der Waals surface area contributed by atoms with Crippen LogP contribution in [-0.4, -0.2) is 31.6 Å². The fraction of sp³-hybridized carbons (Fsp3) is 0.167. The predicted octanol–water partition coefficient (Wildman–Crippen LogP) is 2.60. The van der Waals surface area contributed by atoms with Gasteiger partial charge >= 0.3 is 11.9 Å². The molecule has 1 amide bonds. The minimum absolute atomic E-state index is 0.234. The first-order chi connectivity index (χ1) is 12.0. The monoisotopic (exact) mass is 361 g/mol. The maximum atomic E-state index is 11.9. The quantitative estimate of drug-likeness (QED) is 0.800. The van der Waals surface area contributed by atoms with E-state index in [1.807, 2.05) is 0 Å². The van der Waals surface area contributed by atoms with E-state index < -0.39 is 24.5 Å². The smallest absolute Gasteiger partial charge is 0.338 e. The highest BCUT2D eigenvalue weighted by atomic mass is 35.5. The number of esters is 2. The van der Waals surface area contributed by atoms with E-state index in [1.54, 1.807) is 24.3 Å². The van der Waals surface area contributed by atoms with Crippen molar-refractivity contribution in [1.82, 2.24) is 5.32 Å². The van der Waals surface area contributed by atoms with E-state index in [-0.39, 0.29) is 5.56 Å². The van der Waals surface area contributed by atoms with Crippen molar-refractivity contribution >= 4 is 29.4 Å². The molecule has 7 heteroatoms. The first kappa shape index (κ1) is 18.5. The van der Waals surface area contributed by atoms with Gasteiger partial charge in [0.15, 0.2) is 6.61 Å². The van der Waals surface area contributed by atoms with Gasteiger partial charge in [-0.15, -0.1) is 0 Å². The Hall–Kier alpha value is -2.86. The summed E-state index contributed by atoms with van der Waals surface area (Å²) in [5, 5.41) is 3.25. The Kier molecular flexibility index (Phi) is 6.54. The van der Waals surface area contributed by atoms with Crippen LogP contribution in [0.2, 0.25) is 5.02 Å². The number of nitrogens with one attached hydrogen (secondary N) is 1. The molecule has 0 heterocycles. The molecule has 0 unspecified atom stereocenters. The van der Waals surface area contributed by atoms with E-state index in [9.17, 15) is 14.4 Å². The second-order valence-electron chi connectivity index (χ2n) is 5.05. The largest absolute Gasteiger partial charge is 0.465 e. The summed E-state index contributed by atoms with van der Waals surface area (Å²) in [6.45, 7) is -0.0907. The normalized spacial score (nSPS) is 10.0. The molecule has 2 rings (SSSR count). The number of halogens is 1. The molecule has 0 aliphatic rings. The van der Waals surface area contributed by atoms with Crippen LogP contribution in [0.3, 0.4) is 0 Å². The van der Waals surface area contributed by atoms with Crippen LogP contribution in [0.25, 0.3) is 0 Å². The van der Waals surface area contributed by atoms with Gasteiger partial charge < -0.3 is 14.8 Å². The number of rotatable bonds is 6. The molecule has 0 aromatic heterocycles. The summed E-state index contributed by atoms with van der Waals surface area (Å²) in [4.78, 5) is 34.9. The Morgan fingerprint density at radius 2 is 1.48 bits per heavy atom. The van der Waals surface area contributed by atoms with Crippen LogP contribution in [0.15, 0.2) is 48.5 Å². The average molecular weight is 362 g/mol. The molecule has 0 fully saturated rings. The Balaban J connectivity index is 1.79. The van der Waals surface area contributed by atoms with Crippen LogP contribution in [0, 0.1) is 0 Å². The molecule has 0 aliphatic heterocycles. The SMILES string of the molecule is COC(=O)c1ccc(C(=O)OCC(=O)NCc2ccc(Cl)cc2)cc1. The van der Waals surface area contributed by atoms with E-state index in [0.717, 1.165) is 5.56 Å². The van der Waals surface area contributed by atoms with Crippen molar-refractivity contribution < 1.29 is 23.9 Å². The van der Waals surface area contributed by atoms with Gasteiger partial charge in [0.25, 0.3) is 5.91 Å². The van der Waals surface area contributed by atoms with Gasteiger partial charge in [0.2, 0.25) is 0 Å². The number of hydrogen-bond acceptors (Lipinski definition) is 5. The molecule has 0 bridgehead atoms. The first-order valence-electron chi connectivity index (χ1n) is 7.36. The van der Waals surface area contributed by atoms with Crippen LogP contribution in [0.5, 0.6) is 0 Å². The zero-order valence-corrected chi connectivity index (χ0v) is 14.2. The summed E-state index contributed by atoms with van der Waals surface area (Å²) in [5.41, 5.74) is 1.43. The van der Waals surface area contributed by atoms with Crippen LogP contribution in [-0.2, 0) is 20.8 Å². The minimum atomic E-state index is -0.655. The van der Waals surface area contributed by atoms with Gasteiger partial charge in [-0.25, -0.2) is 9.59 Å². The Labute approximate surface area is 149 Å². The molecule has 2 aromatic carbocycles. The number of amides is 1. The Morgan fingerprint density at radius 3 is 2.04 bits per heavy atom. The molecule has 0 saturated carbocycles. The van der Waals surface area contributed by atoms with Crippen molar-refractivity contribution in [2.24, 2.45) is 0 Å². The highest BCUT2D eigenvalue weighted by molar-refractivity contribution is 6.30. The Morgan fingerprint density at radius 1 is 0.920 bits per heavy atom. The standard InChI is InChI=1S/C18H16ClNO5/c1-24-17(22)13-4-6-14(7-5-13)18(23)25-11-16(21)20-10-12-2-8-15(19)9-3-12/h2-9H,10-11H2,1H3,(H,20,21). The number of hydrogen-bond donors (Lipinski definition) is 1. The summed E-state index contributed by atoms with van der Waals surface area (Å²) in [5.74, 6) is -1.57. The lowest BCUT2D eigenvalue weighted by Gasteiger charge is -2.07. The maximum Gasteiger partial charge on any atom is 0.338 e. The molecule has 2 aromatic rings. The van der Waals surface area contributed by atoms with Crippen molar-refractivity contribution in [2.45, 2.75) is 6.54 Å². The van der Waals surface area contributed by atoms with E-state index in [0.29, 0.717) is 17.1 Å². The lowest BCUT2D eigenvalue weighted by Crippen LogP contribution is -2.28. The molecule has 0 radical (unpaired) electrons. The first-order valence-corrected chi connectivity index (χ1v) is 7.74. The van der Waals surface area contributed by atoms with Crippen molar-refractivity contribution in [3.63, 3.8) is 0 Å². The van der Waals surface area contributed by atoms with Crippen LogP contribution in [0.1, 0.15) is 26.3 Å². The van der Waals surface area contributed by atoms with E-state index in [2.05, 4.69) is 10.1 Å². The molecular formula is C18H16ClNO5. The highest BCUT2D eigenvalue weighted by Gasteiger charge is 2.12. The van der Waals surface area contributed by atoms with Gasteiger partial charge in [-0.2, -0.15) is 0 Å². The lowest BCUT2D eigenvalue weighted by molar-refractivity contribution is -0.124. The molecule has 0 spiro atoms. The second kappa shape index (κ2) is 8.84. The zero-order valence-electron chi connectivity index (χ0n) is 13.5. The van der Waals surface area contributed by atoms with Crippen molar-refractivity contribution in [1.29, 1.82) is 0 Å². The highest BCUT2D eigenvalue weighted by Crippen LogP contribution is 2.09. The van der Waals surface area contributed by atoms with Crippen LogP contribution >= 0.6 is 11.6 Å². The molecule has 0 aliphatic carbocycles. The maximum absolute atomic E-state index is 11.9. The van der Waals surface area contributed by atoms with E-state index in [1.165, 1.54) is 31.4 Å². The lowest BCUT2D eigenvalue weighted by atomic mass is 10.1. The number of carbonyl (C=O) groups excluding carboxylic acids is 3. The fourth-order valence-electron chi connectivity index (χ4n) is 1.93. The molecule has 0 saturated heterocycles. The van der Waals surface area contributed by atoms with E-state index in [4.69, 9.17) is 16.3 Å². The van der Waals surface area contributed by atoms with Crippen molar-refractivity contribution in [3.05, 3.63) is 70.2 Å². The molecule has 25 heavy (non-hydrogen) atoms. The molecular weight excluding hydrogens is 346 g/mol. The summed E-state index contributed by atoms with van der Waals surface area (Å²) in [6.07, 6.45) is 0. The van der Waals surface area contributed by atoms with Crippen LogP contribution in [0.4, 0.5) is 0 Å². The van der Waals surface area contributed by atoms with E-state index >= 15 is 0 Å². The second-order valence-corrected chi connectivity index (χ2v) is 5.48. The molecule has 6 nitrogen and oxygen atoms in total. The summed E-state index contributed by atoms with van der Waals surface area (Å²) < 4.78 is 9.51. The zero-order chi connectivity index (χ0) is 18.2. The number of methoxy groups -OCH3 is 1. The van der Waals surface area contributed by atoms with Gasteiger partial charge in [-0.1, -0.05) is 23.7 Å².